The third kappa shape index (κ3) is 5.54. The molecule has 0 nitrogen and oxygen atoms in total. The SMILES string of the molecule is CCCC[SiH](CCC(C)CC)c1ccccc1. The summed E-state index contributed by atoms with van der Waals surface area (Å²) in [4.78, 5) is 0. The summed E-state index contributed by atoms with van der Waals surface area (Å²) in [7, 11) is -0.680. The average molecular weight is 248 g/mol. The summed E-state index contributed by atoms with van der Waals surface area (Å²) < 4.78 is 0. The van der Waals surface area contributed by atoms with Gasteiger partial charge in [-0.3, -0.25) is 0 Å². The third-order valence-electron chi connectivity index (χ3n) is 3.88. The summed E-state index contributed by atoms with van der Waals surface area (Å²) in [5.41, 5.74) is 0. The molecule has 0 spiro atoms. The molecule has 1 aromatic rings. The van der Waals surface area contributed by atoms with Crippen molar-refractivity contribution in [3.05, 3.63) is 30.3 Å². The largest absolute Gasteiger partial charge is 0.0708 e. The van der Waals surface area contributed by atoms with Crippen LogP contribution in [-0.2, 0) is 0 Å². The van der Waals surface area contributed by atoms with E-state index in [9.17, 15) is 0 Å². The highest BCUT2D eigenvalue weighted by Crippen LogP contribution is 2.15. The van der Waals surface area contributed by atoms with Crippen molar-refractivity contribution in [2.75, 3.05) is 0 Å². The Morgan fingerprint density at radius 2 is 1.76 bits per heavy atom. The molecular weight excluding hydrogens is 220 g/mol. The van der Waals surface area contributed by atoms with Crippen molar-refractivity contribution in [2.45, 2.75) is 58.5 Å². The summed E-state index contributed by atoms with van der Waals surface area (Å²) in [6.07, 6.45) is 5.54. The lowest BCUT2D eigenvalue weighted by atomic mass is 10.1. The second kappa shape index (κ2) is 8.52. The van der Waals surface area contributed by atoms with E-state index in [2.05, 4.69) is 51.1 Å². The van der Waals surface area contributed by atoms with E-state index in [1.165, 1.54) is 37.8 Å². The lowest BCUT2D eigenvalue weighted by molar-refractivity contribution is 0.541. The Morgan fingerprint density at radius 1 is 1.06 bits per heavy atom. The standard InChI is InChI=1S/C16H28Si/c1-4-6-13-17(14-12-15(3)5-2)16-10-8-7-9-11-16/h7-11,15,17H,4-6,12-14H2,1-3H3. The highest BCUT2D eigenvalue weighted by molar-refractivity contribution is 6.73. The van der Waals surface area contributed by atoms with Crippen molar-refractivity contribution in [1.29, 1.82) is 0 Å². The molecule has 17 heavy (non-hydrogen) atoms. The van der Waals surface area contributed by atoms with E-state index in [4.69, 9.17) is 0 Å². The molecule has 0 bridgehead atoms. The molecule has 2 unspecified atom stereocenters. The first-order chi connectivity index (χ1) is 8.27. The van der Waals surface area contributed by atoms with Crippen LogP contribution in [0.2, 0.25) is 12.1 Å². The van der Waals surface area contributed by atoms with Crippen LogP contribution in [0.3, 0.4) is 0 Å². The molecule has 0 aliphatic rings. The first-order valence-electron chi connectivity index (χ1n) is 7.32. The van der Waals surface area contributed by atoms with Crippen LogP contribution in [0.25, 0.3) is 0 Å². The van der Waals surface area contributed by atoms with Gasteiger partial charge in [-0.25, -0.2) is 0 Å². The molecule has 1 aromatic carbocycles. The molecule has 1 rings (SSSR count). The highest BCUT2D eigenvalue weighted by atomic mass is 28.3. The van der Waals surface area contributed by atoms with E-state index < -0.39 is 8.80 Å². The quantitative estimate of drug-likeness (QED) is 0.600. The highest BCUT2D eigenvalue weighted by Gasteiger charge is 2.13. The van der Waals surface area contributed by atoms with Gasteiger partial charge in [0.2, 0.25) is 0 Å². The molecule has 1 heteroatoms. The fourth-order valence-corrected chi connectivity index (χ4v) is 5.94. The van der Waals surface area contributed by atoms with Crippen molar-refractivity contribution in [2.24, 2.45) is 5.92 Å². The molecule has 0 aliphatic carbocycles. The van der Waals surface area contributed by atoms with Crippen LogP contribution >= 0.6 is 0 Å². The number of hydrogen-bond donors (Lipinski definition) is 0. The molecule has 0 heterocycles. The normalized spacial score (nSPS) is 14.5. The van der Waals surface area contributed by atoms with E-state index in [0.29, 0.717) is 0 Å². The van der Waals surface area contributed by atoms with Gasteiger partial charge in [0.25, 0.3) is 0 Å². The van der Waals surface area contributed by atoms with E-state index >= 15 is 0 Å². The number of hydrogen-bond acceptors (Lipinski definition) is 0. The minimum atomic E-state index is -0.680. The molecule has 0 saturated heterocycles. The van der Waals surface area contributed by atoms with Gasteiger partial charge in [0.05, 0.1) is 8.80 Å². The molecule has 0 radical (unpaired) electrons. The Morgan fingerprint density at radius 3 is 2.35 bits per heavy atom. The van der Waals surface area contributed by atoms with Crippen molar-refractivity contribution in [3.8, 4) is 0 Å². The fraction of sp³-hybridized carbons (Fsp3) is 0.625. The monoisotopic (exact) mass is 248 g/mol. The van der Waals surface area contributed by atoms with Gasteiger partial charge >= 0.3 is 0 Å². The van der Waals surface area contributed by atoms with Crippen molar-refractivity contribution in [3.63, 3.8) is 0 Å². The third-order valence-corrected chi connectivity index (χ3v) is 7.35. The van der Waals surface area contributed by atoms with Crippen molar-refractivity contribution >= 4 is 14.0 Å². The van der Waals surface area contributed by atoms with Gasteiger partial charge in [-0.2, -0.15) is 0 Å². The first-order valence-corrected chi connectivity index (χ1v) is 9.53. The first kappa shape index (κ1) is 14.5. The minimum absolute atomic E-state index is 0.680. The van der Waals surface area contributed by atoms with Crippen LogP contribution in [0.5, 0.6) is 0 Å². The summed E-state index contributed by atoms with van der Waals surface area (Å²) in [5, 5.41) is 1.68. The molecule has 0 N–H and O–H groups in total. The maximum Gasteiger partial charge on any atom is 0.0708 e. The zero-order valence-corrected chi connectivity index (χ0v) is 12.9. The molecule has 0 fully saturated rings. The molecule has 96 valence electrons. The van der Waals surface area contributed by atoms with Crippen LogP contribution in [0, 0.1) is 5.92 Å². The van der Waals surface area contributed by atoms with Gasteiger partial charge in [-0.15, -0.1) is 0 Å². The van der Waals surface area contributed by atoms with Crippen LogP contribution in [0.1, 0.15) is 46.5 Å². The van der Waals surface area contributed by atoms with Gasteiger partial charge < -0.3 is 0 Å². The Kier molecular flexibility index (Phi) is 7.26. The number of unbranched alkanes of at least 4 members (excludes halogenated alkanes) is 1. The molecule has 0 saturated carbocycles. The van der Waals surface area contributed by atoms with Gasteiger partial charge in [0.1, 0.15) is 0 Å². The predicted molar refractivity (Wildman–Crippen MR) is 81.8 cm³/mol. The number of rotatable bonds is 8. The maximum atomic E-state index is 2.40. The molecule has 0 aliphatic heterocycles. The summed E-state index contributed by atoms with van der Waals surface area (Å²) in [5.74, 6) is 0.912. The smallest absolute Gasteiger partial charge is 0.0654 e. The minimum Gasteiger partial charge on any atom is -0.0654 e. The van der Waals surface area contributed by atoms with Gasteiger partial charge in [-0.1, -0.05) is 94.1 Å². The second-order valence-electron chi connectivity index (χ2n) is 5.34. The summed E-state index contributed by atoms with van der Waals surface area (Å²) >= 11 is 0. The molecular formula is C16H28Si. The zero-order valence-electron chi connectivity index (χ0n) is 11.8. The van der Waals surface area contributed by atoms with E-state index in [0.717, 1.165) is 5.92 Å². The topological polar surface area (TPSA) is 0 Å². The summed E-state index contributed by atoms with van der Waals surface area (Å²) in [6.45, 7) is 7.02. The molecule has 2 atom stereocenters. The van der Waals surface area contributed by atoms with Gasteiger partial charge in [0, 0.05) is 0 Å². The van der Waals surface area contributed by atoms with Crippen LogP contribution in [0.4, 0.5) is 0 Å². The van der Waals surface area contributed by atoms with Gasteiger partial charge in [-0.05, 0) is 5.92 Å². The Hall–Kier alpha value is -0.563. The van der Waals surface area contributed by atoms with E-state index in [1.54, 1.807) is 5.19 Å². The average Bonchev–Trinajstić information content (AvgIpc) is 2.39. The summed E-state index contributed by atoms with van der Waals surface area (Å²) in [6, 6.07) is 14.3. The Labute approximate surface area is 109 Å². The van der Waals surface area contributed by atoms with E-state index in [1.807, 2.05) is 0 Å². The van der Waals surface area contributed by atoms with Crippen LogP contribution < -0.4 is 5.19 Å². The van der Waals surface area contributed by atoms with Crippen LogP contribution in [0.15, 0.2) is 30.3 Å². The van der Waals surface area contributed by atoms with E-state index in [-0.39, 0.29) is 0 Å². The Bertz CT molecular complexity index is 281. The second-order valence-corrected chi connectivity index (χ2v) is 8.56. The molecule has 0 aromatic heterocycles. The number of benzene rings is 1. The lowest BCUT2D eigenvalue weighted by Gasteiger charge is -2.17. The van der Waals surface area contributed by atoms with Crippen LogP contribution in [-0.4, -0.2) is 8.80 Å². The van der Waals surface area contributed by atoms with Crippen molar-refractivity contribution in [1.82, 2.24) is 0 Å². The molecule has 0 amide bonds. The Balaban J connectivity index is 2.54. The van der Waals surface area contributed by atoms with Gasteiger partial charge in [0.15, 0.2) is 0 Å². The lowest BCUT2D eigenvalue weighted by Crippen LogP contribution is -2.29. The maximum absolute atomic E-state index is 2.40. The van der Waals surface area contributed by atoms with Crippen molar-refractivity contribution < 1.29 is 0 Å². The predicted octanol–water partition coefficient (Wildman–Crippen LogP) is 4.36. The zero-order chi connectivity index (χ0) is 12.5. The fourth-order valence-electron chi connectivity index (χ4n) is 2.34.